The molecule has 3 nitrogen and oxygen atoms in total. The Bertz CT molecular complexity index is 1140. The Morgan fingerprint density at radius 2 is 1.74 bits per heavy atom. The summed E-state index contributed by atoms with van der Waals surface area (Å²) in [6.07, 6.45) is 7.35. The van der Waals surface area contributed by atoms with Gasteiger partial charge in [0.25, 0.3) is 0 Å². The minimum absolute atomic E-state index is 0.244. The molecule has 34 heavy (non-hydrogen) atoms. The van der Waals surface area contributed by atoms with E-state index in [1.54, 1.807) is 5.57 Å². The molecule has 0 saturated heterocycles. The largest absolute Gasteiger partial charge is 0.378 e. The number of rotatable bonds is 2. The molecule has 4 aliphatic carbocycles. The lowest BCUT2D eigenvalue weighted by atomic mass is 9.51. The summed E-state index contributed by atoms with van der Waals surface area (Å²) >= 11 is 0. The average Bonchev–Trinajstić information content (AvgIpc) is 2.95. The molecular formula is C31H39NO2. The number of hydrogen-bond acceptors (Lipinski definition) is 3. The molecule has 2 saturated carbocycles. The summed E-state index contributed by atoms with van der Waals surface area (Å²) in [6, 6.07) is 8.99. The fraction of sp³-hybridized carbons (Fsp3) is 0.581. The number of ketones is 1. The molecule has 0 amide bonds. The van der Waals surface area contributed by atoms with Gasteiger partial charge in [-0.1, -0.05) is 44.4 Å². The van der Waals surface area contributed by atoms with Crippen LogP contribution in [0.3, 0.4) is 0 Å². The third kappa shape index (κ3) is 3.18. The highest BCUT2D eigenvalue weighted by atomic mass is 16.3. The van der Waals surface area contributed by atoms with Crippen molar-refractivity contribution in [2.24, 2.45) is 22.7 Å². The van der Waals surface area contributed by atoms with Crippen molar-refractivity contribution in [3.05, 3.63) is 52.6 Å². The van der Waals surface area contributed by atoms with Crippen LogP contribution in [0.2, 0.25) is 0 Å². The summed E-state index contributed by atoms with van der Waals surface area (Å²) in [4.78, 5) is 14.4. The van der Waals surface area contributed by atoms with Gasteiger partial charge in [0.2, 0.25) is 0 Å². The van der Waals surface area contributed by atoms with E-state index in [0.717, 1.165) is 32.1 Å². The lowest BCUT2D eigenvalue weighted by Gasteiger charge is -2.54. The smallest absolute Gasteiger partial charge is 0.156 e. The van der Waals surface area contributed by atoms with Crippen LogP contribution < -0.4 is 4.90 Å². The number of hydrogen-bond donors (Lipinski definition) is 1. The van der Waals surface area contributed by atoms with Crippen molar-refractivity contribution >= 4 is 11.5 Å². The highest BCUT2D eigenvalue weighted by Gasteiger charge is 2.69. The molecule has 5 atom stereocenters. The molecule has 0 unspecified atom stereocenters. The van der Waals surface area contributed by atoms with Gasteiger partial charge in [-0.05, 0) is 85.8 Å². The quantitative estimate of drug-likeness (QED) is 0.550. The molecule has 3 heteroatoms. The maximum atomic E-state index is 12.3. The van der Waals surface area contributed by atoms with Gasteiger partial charge in [0.1, 0.15) is 5.60 Å². The standard InChI is InChI=1S/C31H39NO2/c1-7-16-31(34)29(2,3)19-27-25-14-10-21-17-23(33)13-15-24(21)28(25)26(18-30(27,31)4)20-8-11-22(12-9-20)32(5)6/h8-9,11-12,17,25-27,34H,10,13-15,18-19H2,1-6H3/t25-,26+,27-,30-,31-/m0/s1. The Hall–Kier alpha value is -2.31. The van der Waals surface area contributed by atoms with Gasteiger partial charge in [0, 0.05) is 43.0 Å². The van der Waals surface area contributed by atoms with Crippen molar-refractivity contribution in [1.82, 2.24) is 0 Å². The normalized spacial score (nSPS) is 36.0. The van der Waals surface area contributed by atoms with Crippen LogP contribution >= 0.6 is 0 Å². The molecule has 0 radical (unpaired) electrons. The molecule has 1 aromatic carbocycles. The predicted octanol–water partition coefficient (Wildman–Crippen LogP) is 6.04. The lowest BCUT2D eigenvalue weighted by molar-refractivity contribution is -0.114. The molecule has 5 rings (SSSR count). The molecule has 2 fully saturated rings. The van der Waals surface area contributed by atoms with Crippen molar-refractivity contribution in [2.75, 3.05) is 19.0 Å². The van der Waals surface area contributed by atoms with Gasteiger partial charge in [-0.3, -0.25) is 4.79 Å². The molecule has 4 aliphatic rings. The Kier molecular flexibility index (Phi) is 5.41. The summed E-state index contributed by atoms with van der Waals surface area (Å²) in [7, 11) is 4.15. The number of anilines is 1. The van der Waals surface area contributed by atoms with Gasteiger partial charge in [0.15, 0.2) is 5.78 Å². The molecule has 180 valence electrons. The molecule has 0 bridgehead atoms. The minimum Gasteiger partial charge on any atom is -0.378 e. The fourth-order valence-corrected chi connectivity index (χ4v) is 8.07. The zero-order valence-corrected chi connectivity index (χ0v) is 21.7. The predicted molar refractivity (Wildman–Crippen MR) is 139 cm³/mol. The van der Waals surface area contributed by atoms with Crippen LogP contribution in [0.15, 0.2) is 47.1 Å². The first kappa shape index (κ1) is 23.4. The van der Waals surface area contributed by atoms with Crippen molar-refractivity contribution in [1.29, 1.82) is 0 Å². The third-order valence-corrected chi connectivity index (χ3v) is 9.78. The summed E-state index contributed by atoms with van der Waals surface area (Å²) in [5.41, 5.74) is 5.24. The van der Waals surface area contributed by atoms with Gasteiger partial charge >= 0.3 is 0 Å². The highest BCUT2D eigenvalue weighted by Crippen LogP contribution is 2.70. The van der Waals surface area contributed by atoms with E-state index in [-0.39, 0.29) is 22.5 Å². The van der Waals surface area contributed by atoms with E-state index >= 15 is 0 Å². The van der Waals surface area contributed by atoms with Crippen molar-refractivity contribution in [3.63, 3.8) is 0 Å². The zero-order valence-electron chi connectivity index (χ0n) is 21.7. The van der Waals surface area contributed by atoms with E-state index in [4.69, 9.17) is 0 Å². The summed E-state index contributed by atoms with van der Waals surface area (Å²) < 4.78 is 0. The van der Waals surface area contributed by atoms with Gasteiger partial charge in [-0.15, -0.1) is 5.92 Å². The van der Waals surface area contributed by atoms with Crippen LogP contribution in [0.1, 0.15) is 77.7 Å². The van der Waals surface area contributed by atoms with Crippen LogP contribution in [0.5, 0.6) is 0 Å². The number of fused-ring (bicyclic) bond motifs is 4. The second kappa shape index (κ2) is 7.85. The molecule has 1 aromatic rings. The zero-order chi connectivity index (χ0) is 24.5. The van der Waals surface area contributed by atoms with Crippen molar-refractivity contribution in [3.8, 4) is 11.8 Å². The molecule has 1 N–H and O–H groups in total. The fourth-order valence-electron chi connectivity index (χ4n) is 8.07. The highest BCUT2D eigenvalue weighted by molar-refractivity contribution is 5.93. The van der Waals surface area contributed by atoms with Crippen LogP contribution in [0.25, 0.3) is 0 Å². The van der Waals surface area contributed by atoms with E-state index in [1.165, 1.54) is 22.4 Å². The van der Waals surface area contributed by atoms with Gasteiger partial charge in [0.05, 0.1) is 0 Å². The number of aliphatic hydroxyl groups is 1. The van der Waals surface area contributed by atoms with Crippen molar-refractivity contribution < 1.29 is 9.90 Å². The van der Waals surface area contributed by atoms with E-state index in [9.17, 15) is 9.90 Å². The van der Waals surface area contributed by atoms with E-state index in [1.807, 2.05) is 13.0 Å². The first-order valence-electron chi connectivity index (χ1n) is 12.9. The molecule has 0 spiro atoms. The Morgan fingerprint density at radius 3 is 2.38 bits per heavy atom. The van der Waals surface area contributed by atoms with E-state index in [0.29, 0.717) is 18.3 Å². The second-order valence-electron chi connectivity index (χ2n) is 12.2. The number of nitrogens with zero attached hydrogens (tertiary/aromatic N) is 1. The van der Waals surface area contributed by atoms with Gasteiger partial charge in [-0.25, -0.2) is 0 Å². The minimum atomic E-state index is -1.02. The van der Waals surface area contributed by atoms with E-state index in [2.05, 4.69) is 75.9 Å². The monoisotopic (exact) mass is 457 g/mol. The first-order valence-corrected chi connectivity index (χ1v) is 12.9. The van der Waals surface area contributed by atoms with E-state index < -0.39 is 5.60 Å². The Balaban J connectivity index is 1.71. The maximum Gasteiger partial charge on any atom is 0.156 e. The lowest BCUT2D eigenvalue weighted by Crippen LogP contribution is -2.54. The summed E-state index contributed by atoms with van der Waals surface area (Å²) in [6.45, 7) is 8.59. The topological polar surface area (TPSA) is 40.5 Å². The number of carbonyl (C=O) groups is 1. The first-order chi connectivity index (χ1) is 16.0. The molecular weight excluding hydrogens is 418 g/mol. The number of allylic oxidation sites excluding steroid dienone is 4. The van der Waals surface area contributed by atoms with Crippen molar-refractivity contribution in [2.45, 2.75) is 77.7 Å². The molecule has 0 aliphatic heterocycles. The molecule has 0 aromatic heterocycles. The Morgan fingerprint density at radius 1 is 1.03 bits per heavy atom. The van der Waals surface area contributed by atoms with Crippen LogP contribution in [0, 0.1) is 34.5 Å². The SMILES string of the molecule is CC#C[C@]1(O)C(C)(C)C[C@H]2[C@@H]3CCC4=CC(=O)CCC4=C3[C@@H](c3ccc(N(C)C)cc3)C[C@@]21C. The maximum absolute atomic E-state index is 12.3. The van der Waals surface area contributed by atoms with Gasteiger partial charge in [-0.2, -0.15) is 0 Å². The second-order valence-corrected chi connectivity index (χ2v) is 12.2. The average molecular weight is 458 g/mol. The number of carbonyl (C=O) groups excluding carboxylic acids is 1. The summed E-state index contributed by atoms with van der Waals surface area (Å²) in [5.74, 6) is 7.78. The third-order valence-electron chi connectivity index (χ3n) is 9.78. The van der Waals surface area contributed by atoms with Crippen LogP contribution in [-0.2, 0) is 4.79 Å². The number of benzene rings is 1. The Labute approximate surface area is 205 Å². The summed E-state index contributed by atoms with van der Waals surface area (Å²) in [5, 5.41) is 12.3. The van der Waals surface area contributed by atoms with Gasteiger partial charge < -0.3 is 10.0 Å². The molecule has 0 heterocycles. The van der Waals surface area contributed by atoms with Crippen LogP contribution in [0.4, 0.5) is 5.69 Å². The van der Waals surface area contributed by atoms with Crippen LogP contribution in [-0.4, -0.2) is 30.6 Å².